The normalized spacial score (nSPS) is 24.1. The monoisotopic (exact) mass is 253 g/mol. The molecule has 1 heterocycles. The molecule has 18 heavy (non-hydrogen) atoms. The number of likely N-dealkylation sites (tertiary alicyclic amines) is 1. The second-order valence-electron chi connectivity index (χ2n) is 5.75. The van der Waals surface area contributed by atoms with Crippen molar-refractivity contribution >= 4 is 5.91 Å². The van der Waals surface area contributed by atoms with E-state index in [4.69, 9.17) is 5.73 Å². The summed E-state index contributed by atoms with van der Waals surface area (Å²) in [6, 6.07) is 0.397. The van der Waals surface area contributed by atoms with Gasteiger partial charge in [-0.2, -0.15) is 0 Å². The summed E-state index contributed by atoms with van der Waals surface area (Å²) >= 11 is 0. The van der Waals surface area contributed by atoms with E-state index in [-0.39, 0.29) is 0 Å². The van der Waals surface area contributed by atoms with Gasteiger partial charge in [-0.25, -0.2) is 0 Å². The largest absolute Gasteiger partial charge is 0.353 e. The molecule has 0 unspecified atom stereocenters. The fourth-order valence-electron chi connectivity index (χ4n) is 3.17. The van der Waals surface area contributed by atoms with Crippen LogP contribution < -0.4 is 11.1 Å². The molecule has 1 amide bonds. The van der Waals surface area contributed by atoms with E-state index < -0.39 is 0 Å². The minimum Gasteiger partial charge on any atom is -0.353 e. The van der Waals surface area contributed by atoms with Crippen LogP contribution in [0.4, 0.5) is 0 Å². The number of nitrogens with two attached hydrogens (primary N) is 1. The Morgan fingerprint density at radius 3 is 2.39 bits per heavy atom. The van der Waals surface area contributed by atoms with Crippen LogP contribution in [0.15, 0.2) is 0 Å². The van der Waals surface area contributed by atoms with E-state index in [0.717, 1.165) is 51.9 Å². The number of amides is 1. The minimum atomic E-state index is 0.292. The van der Waals surface area contributed by atoms with Gasteiger partial charge in [-0.15, -0.1) is 0 Å². The molecule has 1 saturated heterocycles. The Morgan fingerprint density at radius 1 is 1.11 bits per heavy atom. The van der Waals surface area contributed by atoms with Gasteiger partial charge in [-0.05, 0) is 25.7 Å². The summed E-state index contributed by atoms with van der Waals surface area (Å²) in [5.74, 6) is 0.604. The van der Waals surface area contributed by atoms with Crippen LogP contribution in [0, 0.1) is 5.92 Å². The van der Waals surface area contributed by atoms with Crippen LogP contribution in [0.2, 0.25) is 0 Å². The molecule has 1 aliphatic carbocycles. The van der Waals surface area contributed by atoms with Crippen LogP contribution in [0.5, 0.6) is 0 Å². The molecule has 4 nitrogen and oxygen atoms in total. The molecule has 3 N–H and O–H groups in total. The molecule has 0 bridgehead atoms. The average molecular weight is 253 g/mol. The minimum absolute atomic E-state index is 0.292. The van der Waals surface area contributed by atoms with Gasteiger partial charge in [0.05, 0.1) is 0 Å². The van der Waals surface area contributed by atoms with Crippen LogP contribution in [-0.4, -0.2) is 43.0 Å². The topological polar surface area (TPSA) is 58.4 Å². The highest BCUT2D eigenvalue weighted by Crippen LogP contribution is 2.24. The third kappa shape index (κ3) is 3.95. The third-order valence-electron chi connectivity index (χ3n) is 4.36. The van der Waals surface area contributed by atoms with Crippen molar-refractivity contribution in [2.75, 3.05) is 26.2 Å². The second-order valence-corrected chi connectivity index (χ2v) is 5.75. The fraction of sp³-hybridized carbons (Fsp3) is 0.929. The molecule has 0 atom stereocenters. The van der Waals surface area contributed by atoms with Gasteiger partial charge in [0.15, 0.2) is 0 Å². The van der Waals surface area contributed by atoms with Gasteiger partial charge in [0.1, 0.15) is 0 Å². The lowest BCUT2D eigenvalue weighted by atomic mass is 9.88. The standard InChI is InChI=1S/C14H27N3O/c15-8-11-17-9-6-13(7-10-17)16-14(18)12-4-2-1-3-5-12/h12-13H,1-11,15H2,(H,16,18). The predicted molar refractivity (Wildman–Crippen MR) is 73.2 cm³/mol. The summed E-state index contributed by atoms with van der Waals surface area (Å²) < 4.78 is 0. The Labute approximate surface area is 110 Å². The summed E-state index contributed by atoms with van der Waals surface area (Å²) in [6.45, 7) is 3.88. The van der Waals surface area contributed by atoms with Crippen molar-refractivity contribution in [1.82, 2.24) is 10.2 Å². The molecule has 0 aromatic rings. The summed E-state index contributed by atoms with van der Waals surface area (Å²) in [7, 11) is 0. The lowest BCUT2D eigenvalue weighted by molar-refractivity contribution is -0.127. The summed E-state index contributed by atoms with van der Waals surface area (Å²) in [4.78, 5) is 14.5. The molecular weight excluding hydrogens is 226 g/mol. The first kappa shape index (κ1) is 13.8. The highest BCUT2D eigenvalue weighted by atomic mass is 16.1. The Hall–Kier alpha value is -0.610. The molecule has 2 rings (SSSR count). The van der Waals surface area contributed by atoms with Crippen molar-refractivity contribution in [2.24, 2.45) is 11.7 Å². The van der Waals surface area contributed by atoms with E-state index >= 15 is 0 Å². The van der Waals surface area contributed by atoms with E-state index in [0.29, 0.717) is 17.9 Å². The molecule has 2 aliphatic rings. The molecule has 2 fully saturated rings. The number of piperidine rings is 1. The third-order valence-corrected chi connectivity index (χ3v) is 4.36. The van der Waals surface area contributed by atoms with Gasteiger partial charge in [0.25, 0.3) is 0 Å². The maximum absolute atomic E-state index is 12.1. The van der Waals surface area contributed by atoms with Crippen LogP contribution in [0.1, 0.15) is 44.9 Å². The SMILES string of the molecule is NCCN1CCC(NC(=O)C2CCCCC2)CC1. The highest BCUT2D eigenvalue weighted by molar-refractivity contribution is 5.79. The number of nitrogens with one attached hydrogen (secondary N) is 1. The first-order valence-electron chi connectivity index (χ1n) is 7.52. The maximum Gasteiger partial charge on any atom is 0.223 e. The summed E-state index contributed by atoms with van der Waals surface area (Å²) in [5.41, 5.74) is 5.56. The molecule has 0 aromatic heterocycles. The summed E-state index contributed by atoms with van der Waals surface area (Å²) in [5, 5.41) is 3.25. The molecule has 0 radical (unpaired) electrons. The average Bonchev–Trinajstić information content (AvgIpc) is 2.42. The molecule has 0 spiro atoms. The van der Waals surface area contributed by atoms with Crippen molar-refractivity contribution in [3.05, 3.63) is 0 Å². The van der Waals surface area contributed by atoms with E-state index in [1.807, 2.05) is 0 Å². The summed E-state index contributed by atoms with van der Waals surface area (Å²) in [6.07, 6.45) is 8.12. The zero-order chi connectivity index (χ0) is 12.8. The van der Waals surface area contributed by atoms with Crippen molar-refractivity contribution in [1.29, 1.82) is 0 Å². The number of rotatable bonds is 4. The van der Waals surface area contributed by atoms with Crippen LogP contribution >= 0.6 is 0 Å². The van der Waals surface area contributed by atoms with E-state index in [1.165, 1.54) is 19.3 Å². The van der Waals surface area contributed by atoms with Crippen molar-refractivity contribution in [3.8, 4) is 0 Å². The highest BCUT2D eigenvalue weighted by Gasteiger charge is 2.25. The fourth-order valence-corrected chi connectivity index (χ4v) is 3.17. The van der Waals surface area contributed by atoms with Gasteiger partial charge in [-0.1, -0.05) is 19.3 Å². The lowest BCUT2D eigenvalue weighted by Crippen LogP contribution is -2.47. The Bertz CT molecular complexity index is 256. The van der Waals surface area contributed by atoms with Crippen LogP contribution in [-0.2, 0) is 4.79 Å². The van der Waals surface area contributed by atoms with E-state index in [9.17, 15) is 4.79 Å². The zero-order valence-corrected chi connectivity index (χ0v) is 11.4. The Balaban J connectivity index is 1.68. The van der Waals surface area contributed by atoms with Gasteiger partial charge in [0.2, 0.25) is 5.91 Å². The van der Waals surface area contributed by atoms with Crippen LogP contribution in [0.25, 0.3) is 0 Å². The first-order chi connectivity index (χ1) is 8.79. The van der Waals surface area contributed by atoms with Gasteiger partial charge < -0.3 is 16.0 Å². The zero-order valence-electron chi connectivity index (χ0n) is 11.4. The maximum atomic E-state index is 12.1. The molecule has 104 valence electrons. The number of carbonyl (C=O) groups is 1. The molecule has 1 aliphatic heterocycles. The van der Waals surface area contributed by atoms with Crippen molar-refractivity contribution < 1.29 is 4.79 Å². The molecular formula is C14H27N3O. The van der Waals surface area contributed by atoms with E-state index in [1.54, 1.807) is 0 Å². The number of hydrogen-bond donors (Lipinski definition) is 2. The van der Waals surface area contributed by atoms with Gasteiger partial charge in [-0.3, -0.25) is 4.79 Å². The molecule has 4 heteroatoms. The molecule has 0 aromatic carbocycles. The number of nitrogens with zero attached hydrogens (tertiary/aromatic N) is 1. The van der Waals surface area contributed by atoms with Crippen molar-refractivity contribution in [3.63, 3.8) is 0 Å². The number of carbonyl (C=O) groups excluding carboxylic acids is 1. The van der Waals surface area contributed by atoms with E-state index in [2.05, 4.69) is 10.2 Å². The molecule has 1 saturated carbocycles. The second kappa shape index (κ2) is 7.10. The first-order valence-corrected chi connectivity index (χ1v) is 7.52. The quantitative estimate of drug-likeness (QED) is 0.789. The van der Waals surface area contributed by atoms with Crippen molar-refractivity contribution in [2.45, 2.75) is 51.0 Å². The number of hydrogen-bond acceptors (Lipinski definition) is 3. The van der Waals surface area contributed by atoms with Gasteiger partial charge >= 0.3 is 0 Å². The van der Waals surface area contributed by atoms with Crippen LogP contribution in [0.3, 0.4) is 0 Å². The smallest absolute Gasteiger partial charge is 0.223 e. The van der Waals surface area contributed by atoms with Gasteiger partial charge in [0, 0.05) is 38.1 Å². The lowest BCUT2D eigenvalue weighted by Gasteiger charge is -2.33. The Morgan fingerprint density at radius 2 is 1.78 bits per heavy atom. The predicted octanol–water partition coefficient (Wildman–Crippen LogP) is 1.11. The Kier molecular flexibility index (Phi) is 5.45.